The van der Waals surface area contributed by atoms with E-state index in [2.05, 4.69) is 10.6 Å². The molecule has 0 bridgehead atoms. The van der Waals surface area contributed by atoms with Gasteiger partial charge in [0.15, 0.2) is 0 Å². The van der Waals surface area contributed by atoms with Crippen molar-refractivity contribution in [3.63, 3.8) is 0 Å². The lowest BCUT2D eigenvalue weighted by Crippen LogP contribution is -2.64. The second-order valence-electron chi connectivity index (χ2n) is 10.4. The molecule has 1 heterocycles. The normalized spacial score (nSPS) is 21.2. The molecule has 1 fully saturated rings. The summed E-state index contributed by atoms with van der Waals surface area (Å²) in [6, 6.07) is 23.1. The highest BCUT2D eigenvalue weighted by Gasteiger charge is 2.69. The van der Waals surface area contributed by atoms with Crippen LogP contribution >= 0.6 is 0 Å². The number of halogens is 3. The van der Waals surface area contributed by atoms with Crippen LogP contribution in [0.1, 0.15) is 61.4 Å². The molecule has 0 spiro atoms. The fourth-order valence-electron chi connectivity index (χ4n) is 6.78. The Labute approximate surface area is 222 Å². The van der Waals surface area contributed by atoms with Gasteiger partial charge in [0.2, 0.25) is 0 Å². The molecule has 0 aromatic heterocycles. The molecule has 198 valence electrons. The van der Waals surface area contributed by atoms with Gasteiger partial charge < -0.3 is 10.6 Å². The number of benzene rings is 3. The smallest absolute Gasteiger partial charge is 0.362 e. The maximum absolute atomic E-state index is 15.5. The third-order valence-electron chi connectivity index (χ3n) is 8.54. The van der Waals surface area contributed by atoms with E-state index in [4.69, 9.17) is 0 Å². The van der Waals surface area contributed by atoms with Crippen LogP contribution in [0.4, 0.5) is 18.9 Å². The lowest BCUT2D eigenvalue weighted by Gasteiger charge is -2.57. The van der Waals surface area contributed by atoms with E-state index in [0.29, 0.717) is 43.4 Å². The van der Waals surface area contributed by atoms with Crippen LogP contribution in [0, 0.1) is 5.41 Å². The first-order valence-electron chi connectivity index (χ1n) is 13.4. The van der Waals surface area contributed by atoms with E-state index in [1.807, 2.05) is 49.4 Å². The molecular formula is C32H33F3N2O. The van der Waals surface area contributed by atoms with E-state index in [1.165, 1.54) is 12.3 Å². The van der Waals surface area contributed by atoms with Gasteiger partial charge in [0.05, 0.1) is 0 Å². The molecule has 5 rings (SSSR count). The summed E-state index contributed by atoms with van der Waals surface area (Å²) in [4.78, 5) is 13.5. The van der Waals surface area contributed by atoms with Crippen molar-refractivity contribution >= 4 is 11.6 Å². The average Bonchev–Trinajstić information content (AvgIpc) is 2.95. The number of anilines is 1. The van der Waals surface area contributed by atoms with Gasteiger partial charge in [0.25, 0.3) is 5.91 Å². The Hall–Kier alpha value is -3.54. The van der Waals surface area contributed by atoms with E-state index in [9.17, 15) is 4.79 Å². The Kier molecular flexibility index (Phi) is 7.08. The molecule has 1 aliphatic carbocycles. The third-order valence-corrected chi connectivity index (χ3v) is 8.54. The van der Waals surface area contributed by atoms with Crippen molar-refractivity contribution in [1.29, 1.82) is 0 Å². The molecule has 3 aromatic rings. The van der Waals surface area contributed by atoms with Crippen LogP contribution in [0.2, 0.25) is 0 Å². The Morgan fingerprint density at radius 2 is 1.53 bits per heavy atom. The molecule has 0 radical (unpaired) electrons. The number of fused-ring (bicyclic) bond motifs is 1. The molecule has 2 N–H and O–H groups in total. The van der Waals surface area contributed by atoms with Gasteiger partial charge in [0.1, 0.15) is 5.41 Å². The van der Waals surface area contributed by atoms with Crippen molar-refractivity contribution < 1.29 is 18.0 Å². The third kappa shape index (κ3) is 4.30. The Balaban J connectivity index is 1.54. The second-order valence-corrected chi connectivity index (χ2v) is 10.4. The molecular weight excluding hydrogens is 485 g/mol. The molecule has 3 nitrogen and oxygen atoms in total. The summed E-state index contributed by atoms with van der Waals surface area (Å²) in [6.45, 7) is 1.88. The van der Waals surface area contributed by atoms with Gasteiger partial charge in [-0.3, -0.25) is 4.79 Å². The van der Waals surface area contributed by atoms with Crippen molar-refractivity contribution in [2.45, 2.75) is 63.1 Å². The van der Waals surface area contributed by atoms with Gasteiger partial charge in [-0.25, -0.2) is 0 Å². The first-order chi connectivity index (χ1) is 18.3. The van der Waals surface area contributed by atoms with E-state index < -0.39 is 23.0 Å². The molecule has 38 heavy (non-hydrogen) atoms. The molecule has 3 aromatic carbocycles. The number of nitrogens with one attached hydrogen (secondary N) is 2. The highest BCUT2D eigenvalue weighted by atomic mass is 19.4. The number of hydrogen-bond donors (Lipinski definition) is 2. The van der Waals surface area contributed by atoms with Crippen LogP contribution in [0.3, 0.4) is 0 Å². The fraction of sp³-hybridized carbons (Fsp3) is 0.344. The summed E-state index contributed by atoms with van der Waals surface area (Å²) in [5.41, 5.74) is -0.274. The molecule has 2 aliphatic rings. The number of hydrogen-bond acceptors (Lipinski definition) is 2. The predicted octanol–water partition coefficient (Wildman–Crippen LogP) is 8.25. The van der Waals surface area contributed by atoms with Crippen LogP contribution < -0.4 is 10.6 Å². The zero-order valence-electron chi connectivity index (χ0n) is 21.5. The number of carbonyl (C=O) groups excluding carboxylic acids is 1. The first kappa shape index (κ1) is 26.1. The maximum atomic E-state index is 15.5. The van der Waals surface area contributed by atoms with Crippen LogP contribution in [-0.2, 0) is 5.41 Å². The maximum Gasteiger partial charge on any atom is 0.402 e. The van der Waals surface area contributed by atoms with Crippen LogP contribution in [0.15, 0.2) is 91.1 Å². The standard InChI is InChI=1S/C32H33F3N2O/c1-2-28(37-29(38)25-17-15-24(16-18-25)23-11-5-3-6-12-23)30(19-9-4-10-20-30)31(32(33,34)35)21-22-36-27-14-8-7-13-26(27)31/h3,5-8,11-18,21-22,28,36H,2,4,9-10,19-20H2,1H3,(H,37,38)/t28?,31-/m1/s1. The fourth-order valence-corrected chi connectivity index (χ4v) is 6.78. The van der Waals surface area contributed by atoms with Crippen LogP contribution in [0.5, 0.6) is 0 Å². The van der Waals surface area contributed by atoms with Gasteiger partial charge in [-0.1, -0.05) is 86.8 Å². The van der Waals surface area contributed by atoms with Crippen molar-refractivity contribution in [3.05, 3.63) is 102 Å². The minimum Gasteiger partial charge on any atom is -0.362 e. The van der Waals surface area contributed by atoms with Crippen LogP contribution in [-0.4, -0.2) is 18.1 Å². The summed E-state index contributed by atoms with van der Waals surface area (Å²) < 4.78 is 46.4. The number of alkyl halides is 3. The van der Waals surface area contributed by atoms with Gasteiger partial charge in [-0.05, 0) is 66.4 Å². The highest BCUT2D eigenvalue weighted by molar-refractivity contribution is 5.95. The quantitative estimate of drug-likeness (QED) is 0.345. The number of allylic oxidation sites excluding steroid dienone is 1. The average molecular weight is 519 g/mol. The highest BCUT2D eigenvalue weighted by Crippen LogP contribution is 2.63. The van der Waals surface area contributed by atoms with Gasteiger partial charge >= 0.3 is 6.18 Å². The second kappa shape index (κ2) is 10.3. The zero-order valence-corrected chi connectivity index (χ0v) is 21.5. The molecule has 1 aliphatic heterocycles. The molecule has 1 unspecified atom stereocenters. The summed E-state index contributed by atoms with van der Waals surface area (Å²) in [5, 5.41) is 6.10. The summed E-state index contributed by atoms with van der Waals surface area (Å²) in [5.74, 6) is -0.343. The number of rotatable bonds is 6. The first-order valence-corrected chi connectivity index (χ1v) is 13.4. The molecule has 6 heteroatoms. The number of carbonyl (C=O) groups is 1. The van der Waals surface area contributed by atoms with E-state index in [1.54, 1.807) is 36.4 Å². The zero-order chi connectivity index (χ0) is 26.8. The van der Waals surface area contributed by atoms with Crippen molar-refractivity contribution in [1.82, 2.24) is 5.32 Å². The van der Waals surface area contributed by atoms with Gasteiger partial charge in [0, 0.05) is 22.7 Å². The van der Waals surface area contributed by atoms with Gasteiger partial charge in [-0.2, -0.15) is 13.2 Å². The predicted molar refractivity (Wildman–Crippen MR) is 146 cm³/mol. The minimum atomic E-state index is -4.55. The Morgan fingerprint density at radius 1 is 0.895 bits per heavy atom. The summed E-state index contributed by atoms with van der Waals surface area (Å²) >= 11 is 0. The van der Waals surface area contributed by atoms with Crippen molar-refractivity contribution in [2.75, 3.05) is 5.32 Å². The molecule has 2 atom stereocenters. The Morgan fingerprint density at radius 3 is 2.18 bits per heavy atom. The Bertz CT molecular complexity index is 1290. The largest absolute Gasteiger partial charge is 0.402 e. The summed E-state index contributed by atoms with van der Waals surface area (Å²) in [6.07, 6.45) is 1.65. The minimum absolute atomic E-state index is 0.233. The lowest BCUT2D eigenvalue weighted by atomic mass is 9.50. The van der Waals surface area contributed by atoms with Crippen LogP contribution in [0.25, 0.3) is 11.1 Å². The van der Waals surface area contributed by atoms with Gasteiger partial charge in [-0.15, -0.1) is 0 Å². The summed E-state index contributed by atoms with van der Waals surface area (Å²) in [7, 11) is 0. The molecule has 1 saturated carbocycles. The van der Waals surface area contributed by atoms with E-state index >= 15 is 13.2 Å². The number of para-hydroxylation sites is 1. The number of amides is 1. The van der Waals surface area contributed by atoms with E-state index in [0.717, 1.165) is 17.5 Å². The monoisotopic (exact) mass is 518 g/mol. The van der Waals surface area contributed by atoms with Crippen molar-refractivity contribution in [2.24, 2.45) is 5.41 Å². The molecule has 1 amide bonds. The molecule has 0 saturated heterocycles. The van der Waals surface area contributed by atoms with Crippen molar-refractivity contribution in [3.8, 4) is 11.1 Å². The van der Waals surface area contributed by atoms with E-state index in [-0.39, 0.29) is 11.5 Å². The lowest BCUT2D eigenvalue weighted by molar-refractivity contribution is -0.221. The SMILES string of the molecule is CCC(NC(=O)c1ccc(-c2ccccc2)cc1)C1([C@@]2(C(F)(F)F)C=CNc3ccccc32)CCCCC1. The topological polar surface area (TPSA) is 41.1 Å².